The molecular weight excluding hydrogens is 268 g/mol. The average molecular weight is 292 g/mol. The highest BCUT2D eigenvalue weighted by Crippen LogP contribution is 2.27. The topological polar surface area (TPSA) is 44.8 Å². The molecule has 1 atom stereocenters. The van der Waals surface area contributed by atoms with E-state index in [-0.39, 0.29) is 11.9 Å². The van der Waals surface area contributed by atoms with Crippen molar-refractivity contribution in [1.29, 1.82) is 0 Å². The molecular formula is C17H24O4. The molecule has 0 aromatic heterocycles. The van der Waals surface area contributed by atoms with Gasteiger partial charge in [-0.3, -0.25) is 4.79 Å². The predicted molar refractivity (Wildman–Crippen MR) is 83.6 cm³/mol. The van der Waals surface area contributed by atoms with Crippen molar-refractivity contribution in [2.24, 2.45) is 5.92 Å². The Labute approximate surface area is 126 Å². The lowest BCUT2D eigenvalue weighted by molar-refractivity contribution is -0.147. The number of ether oxygens (including phenoxy) is 3. The van der Waals surface area contributed by atoms with Gasteiger partial charge in [0.2, 0.25) is 0 Å². The van der Waals surface area contributed by atoms with Gasteiger partial charge >= 0.3 is 5.97 Å². The molecule has 0 aliphatic rings. The van der Waals surface area contributed by atoms with Crippen LogP contribution in [0.15, 0.2) is 24.3 Å². The van der Waals surface area contributed by atoms with Crippen LogP contribution in [-0.2, 0) is 9.53 Å². The van der Waals surface area contributed by atoms with Crippen molar-refractivity contribution in [2.75, 3.05) is 20.8 Å². The fraction of sp³-hybridized carbons (Fsp3) is 0.471. The van der Waals surface area contributed by atoms with Gasteiger partial charge in [-0.05, 0) is 30.5 Å². The first-order chi connectivity index (χ1) is 10.1. The number of carbonyl (C=O) groups excluding carboxylic acids is 1. The molecule has 0 aliphatic heterocycles. The number of esters is 1. The Morgan fingerprint density at radius 2 is 1.95 bits per heavy atom. The lowest BCUT2D eigenvalue weighted by Crippen LogP contribution is -2.14. The molecule has 0 saturated heterocycles. The summed E-state index contributed by atoms with van der Waals surface area (Å²) in [6.45, 7) is 4.26. The van der Waals surface area contributed by atoms with E-state index in [9.17, 15) is 4.79 Å². The highest BCUT2D eigenvalue weighted by atomic mass is 16.5. The number of hydrogen-bond acceptors (Lipinski definition) is 4. The van der Waals surface area contributed by atoms with Gasteiger partial charge < -0.3 is 14.2 Å². The minimum absolute atomic E-state index is 0.0279. The van der Waals surface area contributed by atoms with E-state index in [0.29, 0.717) is 24.5 Å². The maximum atomic E-state index is 11.5. The predicted octanol–water partition coefficient (Wildman–Crippen LogP) is 3.70. The van der Waals surface area contributed by atoms with Gasteiger partial charge in [0.1, 0.15) is 0 Å². The van der Waals surface area contributed by atoms with Gasteiger partial charge in [0.25, 0.3) is 0 Å². The first-order valence-electron chi connectivity index (χ1n) is 7.17. The quantitative estimate of drug-likeness (QED) is 0.541. The summed E-state index contributed by atoms with van der Waals surface area (Å²) in [6.07, 6.45) is 5.45. The maximum absolute atomic E-state index is 11.5. The van der Waals surface area contributed by atoms with E-state index < -0.39 is 0 Å². The zero-order valence-corrected chi connectivity index (χ0v) is 13.2. The molecule has 0 spiro atoms. The number of methoxy groups -OCH3 is 2. The summed E-state index contributed by atoms with van der Waals surface area (Å²) >= 11 is 0. The van der Waals surface area contributed by atoms with Crippen LogP contribution in [0.25, 0.3) is 6.08 Å². The third kappa shape index (κ3) is 5.50. The fourth-order valence-corrected chi connectivity index (χ4v) is 1.71. The van der Waals surface area contributed by atoms with Crippen molar-refractivity contribution in [1.82, 2.24) is 0 Å². The largest absolute Gasteiger partial charge is 0.493 e. The first kappa shape index (κ1) is 17.1. The van der Waals surface area contributed by atoms with Crippen LogP contribution in [0.3, 0.4) is 0 Å². The fourth-order valence-electron chi connectivity index (χ4n) is 1.71. The van der Waals surface area contributed by atoms with Gasteiger partial charge in [-0.2, -0.15) is 0 Å². The third-order valence-corrected chi connectivity index (χ3v) is 3.26. The minimum Gasteiger partial charge on any atom is -0.493 e. The summed E-state index contributed by atoms with van der Waals surface area (Å²) in [4.78, 5) is 11.5. The van der Waals surface area contributed by atoms with Crippen LogP contribution < -0.4 is 9.47 Å². The molecule has 0 aliphatic carbocycles. The normalized spacial score (nSPS) is 12.2. The van der Waals surface area contributed by atoms with Crippen LogP contribution in [0.1, 0.15) is 32.3 Å². The molecule has 116 valence electrons. The van der Waals surface area contributed by atoms with Crippen LogP contribution in [0.5, 0.6) is 11.5 Å². The Bertz CT molecular complexity index is 480. The van der Waals surface area contributed by atoms with E-state index in [1.807, 2.05) is 44.2 Å². The molecule has 0 heterocycles. The molecule has 0 N–H and O–H groups in total. The van der Waals surface area contributed by atoms with Crippen molar-refractivity contribution >= 4 is 12.0 Å². The SMILES string of the molecule is CCC(C)C(=O)OCC/C=C/c1ccc(OC)c(OC)c1. The number of rotatable bonds is 8. The van der Waals surface area contributed by atoms with E-state index in [0.717, 1.165) is 12.0 Å². The Morgan fingerprint density at radius 3 is 2.57 bits per heavy atom. The van der Waals surface area contributed by atoms with Gasteiger partial charge in [0.05, 0.1) is 26.7 Å². The number of carbonyl (C=O) groups is 1. The van der Waals surface area contributed by atoms with Gasteiger partial charge in [0, 0.05) is 0 Å². The van der Waals surface area contributed by atoms with E-state index >= 15 is 0 Å². The molecule has 0 radical (unpaired) electrons. The molecule has 0 saturated carbocycles. The smallest absolute Gasteiger partial charge is 0.308 e. The summed E-state index contributed by atoms with van der Waals surface area (Å²) in [5, 5.41) is 0. The van der Waals surface area contributed by atoms with Gasteiger partial charge in [-0.1, -0.05) is 32.1 Å². The molecule has 0 amide bonds. The van der Waals surface area contributed by atoms with Gasteiger partial charge in [-0.25, -0.2) is 0 Å². The van der Waals surface area contributed by atoms with E-state index in [2.05, 4.69) is 0 Å². The highest BCUT2D eigenvalue weighted by molar-refractivity contribution is 5.71. The van der Waals surface area contributed by atoms with Crippen LogP contribution >= 0.6 is 0 Å². The minimum atomic E-state index is -0.128. The van der Waals surface area contributed by atoms with Gasteiger partial charge in [-0.15, -0.1) is 0 Å². The number of hydrogen-bond donors (Lipinski definition) is 0. The lowest BCUT2D eigenvalue weighted by Gasteiger charge is -2.08. The molecule has 0 fully saturated rings. The molecule has 4 heteroatoms. The molecule has 4 nitrogen and oxygen atoms in total. The summed E-state index contributed by atoms with van der Waals surface area (Å²) in [6, 6.07) is 5.71. The second-order valence-corrected chi connectivity index (χ2v) is 4.78. The summed E-state index contributed by atoms with van der Waals surface area (Å²) in [5.41, 5.74) is 1.01. The lowest BCUT2D eigenvalue weighted by atomic mass is 10.1. The highest BCUT2D eigenvalue weighted by Gasteiger charge is 2.10. The van der Waals surface area contributed by atoms with E-state index in [1.54, 1.807) is 14.2 Å². The summed E-state index contributed by atoms with van der Waals surface area (Å²) < 4.78 is 15.6. The summed E-state index contributed by atoms with van der Waals surface area (Å²) in [7, 11) is 3.22. The average Bonchev–Trinajstić information content (AvgIpc) is 2.53. The Morgan fingerprint density at radius 1 is 1.24 bits per heavy atom. The Balaban J connectivity index is 2.45. The van der Waals surface area contributed by atoms with Crippen molar-refractivity contribution in [3.63, 3.8) is 0 Å². The van der Waals surface area contributed by atoms with E-state index in [1.165, 1.54) is 0 Å². The van der Waals surface area contributed by atoms with E-state index in [4.69, 9.17) is 14.2 Å². The second-order valence-electron chi connectivity index (χ2n) is 4.78. The Kier molecular flexibility index (Phi) is 7.37. The zero-order chi connectivity index (χ0) is 15.7. The molecule has 1 rings (SSSR count). The van der Waals surface area contributed by atoms with Crippen LogP contribution in [0, 0.1) is 5.92 Å². The molecule has 1 aromatic rings. The van der Waals surface area contributed by atoms with Crippen molar-refractivity contribution in [3.05, 3.63) is 29.8 Å². The monoisotopic (exact) mass is 292 g/mol. The van der Waals surface area contributed by atoms with Crippen LogP contribution in [-0.4, -0.2) is 26.8 Å². The molecule has 21 heavy (non-hydrogen) atoms. The van der Waals surface area contributed by atoms with Crippen LogP contribution in [0.2, 0.25) is 0 Å². The second kappa shape index (κ2) is 9.06. The maximum Gasteiger partial charge on any atom is 0.308 e. The van der Waals surface area contributed by atoms with Crippen molar-refractivity contribution in [3.8, 4) is 11.5 Å². The van der Waals surface area contributed by atoms with Crippen molar-refractivity contribution in [2.45, 2.75) is 26.7 Å². The molecule has 1 aromatic carbocycles. The van der Waals surface area contributed by atoms with Gasteiger partial charge in [0.15, 0.2) is 11.5 Å². The van der Waals surface area contributed by atoms with Crippen molar-refractivity contribution < 1.29 is 19.0 Å². The third-order valence-electron chi connectivity index (χ3n) is 3.26. The summed E-state index contributed by atoms with van der Waals surface area (Å²) in [5.74, 6) is 1.25. The molecule has 1 unspecified atom stereocenters. The number of benzene rings is 1. The standard InChI is InChI=1S/C17H24O4/c1-5-13(2)17(18)21-11-7-6-8-14-9-10-15(19-3)16(12-14)20-4/h6,8-10,12-13H,5,7,11H2,1-4H3/b8-6+. The zero-order valence-electron chi connectivity index (χ0n) is 13.2. The van der Waals surface area contributed by atoms with Crippen LogP contribution in [0.4, 0.5) is 0 Å². The molecule has 0 bridgehead atoms. The Hall–Kier alpha value is -1.97. The first-order valence-corrected chi connectivity index (χ1v) is 7.17.